The molecule has 1 aliphatic heterocycles. The minimum atomic E-state index is -1.50. The highest BCUT2D eigenvalue weighted by molar-refractivity contribution is 5.94. The second kappa shape index (κ2) is 12.5. The molecule has 1 saturated heterocycles. The fourth-order valence-corrected chi connectivity index (χ4v) is 4.09. The SMILES string of the molecule is CC(C)C[C@@H](NC(=O)[C@H](N)Cc1ccc(O)cc1)C(=O)N1CCC[C@@H]1C(=O)N[C@@H](C(=O)O)[C@H](C)O. The summed E-state index contributed by atoms with van der Waals surface area (Å²) in [4.78, 5) is 51.7. The summed E-state index contributed by atoms with van der Waals surface area (Å²) in [7, 11) is 0. The Bertz CT molecular complexity index is 904. The fourth-order valence-electron chi connectivity index (χ4n) is 4.09. The highest BCUT2D eigenvalue weighted by Crippen LogP contribution is 2.21. The molecule has 1 fully saturated rings. The van der Waals surface area contributed by atoms with Crippen molar-refractivity contribution < 1.29 is 34.5 Å². The molecule has 3 amide bonds. The molecule has 5 atom stereocenters. The van der Waals surface area contributed by atoms with Crippen LogP contribution in [-0.2, 0) is 25.6 Å². The number of hydrogen-bond donors (Lipinski definition) is 6. The summed E-state index contributed by atoms with van der Waals surface area (Å²) in [5, 5.41) is 33.3. The first kappa shape index (κ1) is 28.1. The number of likely N-dealkylation sites (tertiary alicyclic amines) is 1. The largest absolute Gasteiger partial charge is 0.508 e. The van der Waals surface area contributed by atoms with Gasteiger partial charge in [0, 0.05) is 6.54 Å². The number of rotatable bonds is 11. The molecule has 1 aromatic rings. The molecule has 0 bridgehead atoms. The number of carbonyl (C=O) groups excluding carboxylic acids is 3. The van der Waals surface area contributed by atoms with E-state index >= 15 is 0 Å². The second-order valence-electron chi connectivity index (χ2n) is 9.42. The van der Waals surface area contributed by atoms with E-state index in [2.05, 4.69) is 10.6 Å². The molecule has 0 aromatic heterocycles. The van der Waals surface area contributed by atoms with E-state index in [0.29, 0.717) is 19.3 Å². The number of amides is 3. The highest BCUT2D eigenvalue weighted by atomic mass is 16.4. The second-order valence-corrected chi connectivity index (χ2v) is 9.42. The van der Waals surface area contributed by atoms with E-state index in [0.717, 1.165) is 5.56 Å². The molecule has 7 N–H and O–H groups in total. The van der Waals surface area contributed by atoms with Gasteiger partial charge in [-0.25, -0.2) is 4.79 Å². The molecule has 1 aromatic carbocycles. The number of carbonyl (C=O) groups is 4. The smallest absolute Gasteiger partial charge is 0.328 e. The topological polar surface area (TPSA) is 182 Å². The first-order valence-electron chi connectivity index (χ1n) is 11.8. The van der Waals surface area contributed by atoms with Gasteiger partial charge in [-0.2, -0.15) is 0 Å². The molecule has 2 rings (SSSR count). The summed E-state index contributed by atoms with van der Waals surface area (Å²) < 4.78 is 0. The number of carboxylic acid groups (broad SMARTS) is 1. The van der Waals surface area contributed by atoms with E-state index in [-0.39, 0.29) is 24.6 Å². The van der Waals surface area contributed by atoms with E-state index in [1.807, 2.05) is 13.8 Å². The molecule has 1 aliphatic rings. The van der Waals surface area contributed by atoms with Crippen LogP contribution in [0.15, 0.2) is 24.3 Å². The van der Waals surface area contributed by atoms with Gasteiger partial charge in [-0.1, -0.05) is 26.0 Å². The Morgan fingerprint density at radius 3 is 2.29 bits per heavy atom. The molecule has 0 saturated carbocycles. The predicted molar refractivity (Wildman–Crippen MR) is 127 cm³/mol. The van der Waals surface area contributed by atoms with Crippen molar-refractivity contribution in [2.75, 3.05) is 6.54 Å². The van der Waals surface area contributed by atoms with Crippen molar-refractivity contribution in [1.29, 1.82) is 0 Å². The number of aromatic hydroxyl groups is 1. The molecule has 1 heterocycles. The van der Waals surface area contributed by atoms with Crippen LogP contribution in [0, 0.1) is 5.92 Å². The van der Waals surface area contributed by atoms with Crippen molar-refractivity contribution in [3.05, 3.63) is 29.8 Å². The van der Waals surface area contributed by atoms with Gasteiger partial charge in [0.25, 0.3) is 0 Å². The number of benzene rings is 1. The summed E-state index contributed by atoms with van der Waals surface area (Å²) in [6.07, 6.45) is 0.0994. The highest BCUT2D eigenvalue weighted by Gasteiger charge is 2.39. The molecule has 0 spiro atoms. The van der Waals surface area contributed by atoms with Crippen molar-refractivity contribution in [3.63, 3.8) is 0 Å². The van der Waals surface area contributed by atoms with Gasteiger partial charge in [0.15, 0.2) is 6.04 Å². The monoisotopic (exact) mass is 492 g/mol. The van der Waals surface area contributed by atoms with Crippen molar-refractivity contribution in [3.8, 4) is 5.75 Å². The van der Waals surface area contributed by atoms with E-state index in [1.54, 1.807) is 12.1 Å². The van der Waals surface area contributed by atoms with Gasteiger partial charge < -0.3 is 36.6 Å². The lowest BCUT2D eigenvalue weighted by Crippen LogP contribution is -2.58. The van der Waals surface area contributed by atoms with Crippen LogP contribution in [0.4, 0.5) is 0 Å². The molecule has 0 unspecified atom stereocenters. The van der Waals surface area contributed by atoms with Gasteiger partial charge in [0.2, 0.25) is 17.7 Å². The minimum Gasteiger partial charge on any atom is -0.508 e. The number of phenols is 1. The first-order valence-corrected chi connectivity index (χ1v) is 11.8. The zero-order chi connectivity index (χ0) is 26.3. The molecule has 11 nitrogen and oxygen atoms in total. The van der Waals surface area contributed by atoms with Crippen LogP contribution in [0.2, 0.25) is 0 Å². The van der Waals surface area contributed by atoms with E-state index in [4.69, 9.17) is 5.73 Å². The maximum Gasteiger partial charge on any atom is 0.328 e. The molecule has 194 valence electrons. The average Bonchev–Trinajstić information content (AvgIpc) is 3.27. The third-order valence-corrected chi connectivity index (χ3v) is 5.94. The van der Waals surface area contributed by atoms with Gasteiger partial charge in [0.1, 0.15) is 17.8 Å². The van der Waals surface area contributed by atoms with Crippen molar-refractivity contribution in [1.82, 2.24) is 15.5 Å². The summed E-state index contributed by atoms with van der Waals surface area (Å²) in [5.41, 5.74) is 6.81. The van der Waals surface area contributed by atoms with Crippen LogP contribution in [0.1, 0.15) is 45.6 Å². The van der Waals surface area contributed by atoms with E-state index in [1.165, 1.54) is 24.0 Å². The lowest BCUT2D eigenvalue weighted by molar-refractivity contribution is -0.147. The van der Waals surface area contributed by atoms with Gasteiger partial charge in [-0.05, 0) is 56.2 Å². The maximum absolute atomic E-state index is 13.4. The molecule has 0 aliphatic carbocycles. The third kappa shape index (κ3) is 7.93. The Hall–Kier alpha value is -3.18. The third-order valence-electron chi connectivity index (χ3n) is 5.94. The van der Waals surface area contributed by atoms with Gasteiger partial charge in [-0.3, -0.25) is 14.4 Å². The Kier molecular flexibility index (Phi) is 10.0. The van der Waals surface area contributed by atoms with Gasteiger partial charge in [-0.15, -0.1) is 0 Å². The lowest BCUT2D eigenvalue weighted by Gasteiger charge is -2.31. The van der Waals surface area contributed by atoms with Crippen LogP contribution in [0.5, 0.6) is 5.75 Å². The van der Waals surface area contributed by atoms with Crippen LogP contribution < -0.4 is 16.4 Å². The number of nitrogens with one attached hydrogen (secondary N) is 2. The van der Waals surface area contributed by atoms with Crippen LogP contribution >= 0.6 is 0 Å². The van der Waals surface area contributed by atoms with Gasteiger partial charge >= 0.3 is 5.97 Å². The van der Waals surface area contributed by atoms with E-state index in [9.17, 15) is 34.5 Å². The zero-order valence-corrected chi connectivity index (χ0v) is 20.3. The summed E-state index contributed by atoms with van der Waals surface area (Å²) in [6, 6.07) is 2.07. The number of phenolic OH excluding ortho intramolecular Hbond substituents is 1. The number of aliphatic carboxylic acids is 1. The van der Waals surface area contributed by atoms with E-state index < -0.39 is 54.0 Å². The van der Waals surface area contributed by atoms with Crippen molar-refractivity contribution in [2.24, 2.45) is 11.7 Å². The predicted octanol–water partition coefficient (Wildman–Crippen LogP) is -0.266. The van der Waals surface area contributed by atoms with Crippen molar-refractivity contribution >= 4 is 23.7 Å². The standard InChI is InChI=1S/C24H36N4O7/c1-13(2)11-18(26-21(31)17(25)12-15-6-8-16(30)9-7-15)23(33)28-10-4-5-19(28)22(32)27-20(14(3)29)24(34)35/h6-9,13-14,17-20,29-30H,4-5,10-12,25H2,1-3H3,(H,26,31)(H,27,32)(H,34,35)/t14-,17+,18+,19+,20+/m0/s1. The first-order chi connectivity index (χ1) is 16.4. The van der Waals surface area contributed by atoms with Crippen molar-refractivity contribution in [2.45, 2.75) is 76.7 Å². The van der Waals surface area contributed by atoms with Crippen LogP contribution in [0.25, 0.3) is 0 Å². The fraction of sp³-hybridized carbons (Fsp3) is 0.583. The normalized spacial score (nSPS) is 19.0. The number of hydrogen-bond acceptors (Lipinski definition) is 7. The number of nitrogens with two attached hydrogens (primary N) is 1. The molecule has 0 radical (unpaired) electrons. The number of carboxylic acids is 1. The molecular formula is C24H36N4O7. The quantitative estimate of drug-likeness (QED) is 0.244. The van der Waals surface area contributed by atoms with Gasteiger partial charge in [0.05, 0.1) is 12.1 Å². The molecule has 35 heavy (non-hydrogen) atoms. The Balaban J connectivity index is 2.11. The number of aliphatic hydroxyl groups is 1. The summed E-state index contributed by atoms with van der Waals surface area (Å²) in [5.74, 6) is -2.84. The zero-order valence-electron chi connectivity index (χ0n) is 20.3. The van der Waals surface area contributed by atoms with Crippen LogP contribution in [-0.4, -0.2) is 80.7 Å². The summed E-state index contributed by atoms with van der Waals surface area (Å²) >= 11 is 0. The summed E-state index contributed by atoms with van der Waals surface area (Å²) in [6.45, 7) is 5.34. The molecular weight excluding hydrogens is 456 g/mol. The number of nitrogens with zero attached hydrogens (tertiary/aromatic N) is 1. The Morgan fingerprint density at radius 2 is 1.74 bits per heavy atom. The minimum absolute atomic E-state index is 0.0547. The number of aliphatic hydroxyl groups excluding tert-OH is 1. The Labute approximate surface area is 204 Å². The lowest BCUT2D eigenvalue weighted by atomic mass is 10.0. The average molecular weight is 493 g/mol. The molecule has 11 heteroatoms. The van der Waals surface area contributed by atoms with Crippen LogP contribution in [0.3, 0.4) is 0 Å². The maximum atomic E-state index is 13.4. The Morgan fingerprint density at radius 1 is 1.11 bits per heavy atom.